The van der Waals surface area contributed by atoms with Gasteiger partial charge in [0.2, 0.25) is 0 Å². The minimum atomic E-state index is -0.231. The van der Waals surface area contributed by atoms with Crippen molar-refractivity contribution in [2.24, 2.45) is 5.73 Å². The normalized spacial score (nSPS) is 13.5. The average molecular weight is 236 g/mol. The van der Waals surface area contributed by atoms with E-state index in [9.17, 15) is 0 Å². The number of hydrogen-bond donors (Lipinski definition) is 2. The van der Waals surface area contributed by atoms with Crippen LogP contribution in [-0.2, 0) is 0 Å². The minimum absolute atomic E-state index is 0.00634. The fourth-order valence-corrected chi connectivity index (χ4v) is 2.31. The van der Waals surface area contributed by atoms with Crippen LogP contribution in [0, 0.1) is 6.92 Å². The van der Waals surface area contributed by atoms with E-state index in [0.29, 0.717) is 0 Å². The van der Waals surface area contributed by atoms with E-state index in [4.69, 9.17) is 10.8 Å². The van der Waals surface area contributed by atoms with Crippen LogP contribution in [0.2, 0.25) is 0 Å². The Bertz CT molecular complexity index is 229. The summed E-state index contributed by atoms with van der Waals surface area (Å²) in [6, 6.07) is 1.73. The highest BCUT2D eigenvalue weighted by Gasteiger charge is 2.08. The molecule has 4 heteroatoms. The highest BCUT2D eigenvalue weighted by atomic mass is 79.9. The first-order chi connectivity index (χ1) is 5.15. The number of halogens is 1. The van der Waals surface area contributed by atoms with E-state index in [2.05, 4.69) is 15.9 Å². The number of hydrogen-bond acceptors (Lipinski definition) is 3. The Morgan fingerprint density at radius 2 is 2.45 bits per heavy atom. The van der Waals surface area contributed by atoms with Crippen molar-refractivity contribution in [3.05, 3.63) is 20.3 Å². The van der Waals surface area contributed by atoms with E-state index in [1.54, 1.807) is 11.3 Å². The van der Waals surface area contributed by atoms with Crippen LogP contribution >= 0.6 is 27.3 Å². The molecule has 3 N–H and O–H groups in total. The molecule has 2 nitrogen and oxygen atoms in total. The molecule has 0 aliphatic heterocycles. The van der Waals surface area contributed by atoms with Crippen LogP contribution in [0.1, 0.15) is 15.8 Å². The Hall–Kier alpha value is 0.100. The maximum atomic E-state index is 8.75. The number of aliphatic hydroxyl groups is 1. The Morgan fingerprint density at radius 1 is 1.82 bits per heavy atom. The summed E-state index contributed by atoms with van der Waals surface area (Å²) >= 11 is 5.00. The number of rotatable bonds is 2. The molecule has 1 aromatic rings. The Labute approximate surface area is 78.2 Å². The number of aryl methyl sites for hydroxylation is 1. The lowest BCUT2D eigenvalue weighted by atomic mass is 10.3. The van der Waals surface area contributed by atoms with Gasteiger partial charge in [-0.25, -0.2) is 0 Å². The zero-order chi connectivity index (χ0) is 8.43. The molecule has 0 saturated heterocycles. The molecule has 11 heavy (non-hydrogen) atoms. The van der Waals surface area contributed by atoms with Gasteiger partial charge in [0.05, 0.1) is 12.6 Å². The van der Waals surface area contributed by atoms with Crippen LogP contribution in [0.5, 0.6) is 0 Å². The van der Waals surface area contributed by atoms with Crippen molar-refractivity contribution in [3.8, 4) is 0 Å². The second kappa shape index (κ2) is 3.67. The summed E-state index contributed by atoms with van der Waals surface area (Å²) in [5, 5.41) is 8.75. The lowest BCUT2D eigenvalue weighted by molar-refractivity contribution is 0.269. The fraction of sp³-hybridized carbons (Fsp3) is 0.429. The second-order valence-corrected chi connectivity index (χ2v) is 4.48. The molecule has 1 aromatic heterocycles. The summed E-state index contributed by atoms with van der Waals surface area (Å²) in [5.74, 6) is 0. The number of aliphatic hydroxyl groups excluding tert-OH is 1. The highest BCUT2D eigenvalue weighted by Crippen LogP contribution is 2.29. The largest absolute Gasteiger partial charge is 0.394 e. The van der Waals surface area contributed by atoms with E-state index >= 15 is 0 Å². The molecule has 0 saturated carbocycles. The van der Waals surface area contributed by atoms with Crippen LogP contribution < -0.4 is 5.73 Å². The maximum absolute atomic E-state index is 8.75. The topological polar surface area (TPSA) is 46.2 Å². The van der Waals surface area contributed by atoms with Gasteiger partial charge in [-0.2, -0.15) is 0 Å². The summed E-state index contributed by atoms with van der Waals surface area (Å²) < 4.78 is 1.07. The molecule has 62 valence electrons. The fourth-order valence-electron chi connectivity index (χ4n) is 0.754. The molecule has 0 aliphatic rings. The highest BCUT2D eigenvalue weighted by molar-refractivity contribution is 9.10. The molecule has 0 bridgehead atoms. The second-order valence-electron chi connectivity index (χ2n) is 2.34. The Morgan fingerprint density at radius 3 is 2.82 bits per heavy atom. The van der Waals surface area contributed by atoms with Crippen molar-refractivity contribution in [1.82, 2.24) is 0 Å². The van der Waals surface area contributed by atoms with Gasteiger partial charge in [-0.05, 0) is 28.9 Å². The SMILES string of the molecule is Cc1sc([C@@H](N)CO)cc1Br. The third-order valence-corrected chi connectivity index (χ3v) is 3.71. The zero-order valence-electron chi connectivity index (χ0n) is 6.17. The maximum Gasteiger partial charge on any atom is 0.0632 e. The van der Waals surface area contributed by atoms with Crippen LogP contribution in [0.4, 0.5) is 0 Å². The van der Waals surface area contributed by atoms with Crippen molar-refractivity contribution < 1.29 is 5.11 Å². The third-order valence-electron chi connectivity index (χ3n) is 1.44. The lowest BCUT2D eigenvalue weighted by Gasteiger charge is -2.02. The third kappa shape index (κ3) is 2.02. The van der Waals surface area contributed by atoms with Crippen LogP contribution in [0.3, 0.4) is 0 Å². The van der Waals surface area contributed by atoms with Crippen LogP contribution in [0.25, 0.3) is 0 Å². The summed E-state index contributed by atoms with van der Waals surface area (Å²) in [6.45, 7) is 2.02. The van der Waals surface area contributed by atoms with E-state index in [1.165, 1.54) is 4.88 Å². The van der Waals surface area contributed by atoms with Gasteiger partial charge >= 0.3 is 0 Å². The molecule has 0 aromatic carbocycles. The molecule has 0 amide bonds. The summed E-state index contributed by atoms with van der Waals surface area (Å²) in [7, 11) is 0. The van der Waals surface area contributed by atoms with Crippen molar-refractivity contribution in [3.63, 3.8) is 0 Å². The first kappa shape index (κ1) is 9.19. The molecule has 0 radical (unpaired) electrons. The van der Waals surface area contributed by atoms with Gasteiger partial charge in [-0.1, -0.05) is 0 Å². The van der Waals surface area contributed by atoms with Gasteiger partial charge in [0.1, 0.15) is 0 Å². The minimum Gasteiger partial charge on any atom is -0.394 e. The van der Waals surface area contributed by atoms with Crippen molar-refractivity contribution in [2.45, 2.75) is 13.0 Å². The zero-order valence-corrected chi connectivity index (χ0v) is 8.58. The number of thiophene rings is 1. The quantitative estimate of drug-likeness (QED) is 0.822. The molecule has 0 spiro atoms. The molecule has 0 fully saturated rings. The van der Waals surface area contributed by atoms with Crippen LogP contribution in [-0.4, -0.2) is 11.7 Å². The first-order valence-electron chi connectivity index (χ1n) is 3.27. The van der Waals surface area contributed by atoms with E-state index in [0.717, 1.165) is 9.35 Å². The molecule has 0 unspecified atom stereocenters. The van der Waals surface area contributed by atoms with Gasteiger partial charge in [-0.3, -0.25) is 0 Å². The molecular formula is C7H10BrNOS. The van der Waals surface area contributed by atoms with Gasteiger partial charge < -0.3 is 10.8 Å². The monoisotopic (exact) mass is 235 g/mol. The van der Waals surface area contributed by atoms with E-state index < -0.39 is 0 Å². The van der Waals surface area contributed by atoms with Crippen molar-refractivity contribution >= 4 is 27.3 Å². The molecular weight excluding hydrogens is 226 g/mol. The van der Waals surface area contributed by atoms with Gasteiger partial charge in [0.15, 0.2) is 0 Å². The average Bonchev–Trinajstić information content (AvgIpc) is 2.31. The molecule has 1 rings (SSSR count). The smallest absolute Gasteiger partial charge is 0.0632 e. The molecule has 0 aliphatic carbocycles. The van der Waals surface area contributed by atoms with Gasteiger partial charge in [0, 0.05) is 14.2 Å². The molecule has 1 atom stereocenters. The van der Waals surface area contributed by atoms with Crippen LogP contribution in [0.15, 0.2) is 10.5 Å². The number of nitrogens with two attached hydrogens (primary N) is 1. The van der Waals surface area contributed by atoms with E-state index in [1.807, 2.05) is 13.0 Å². The lowest BCUT2D eigenvalue weighted by Crippen LogP contribution is -2.12. The predicted octanol–water partition coefficient (Wildman–Crippen LogP) is 1.81. The standard InChI is InChI=1S/C7H10BrNOS/c1-4-5(8)2-7(11-4)6(9)3-10/h2,6,10H,3,9H2,1H3/t6-/m0/s1. The Kier molecular flexibility index (Phi) is 3.06. The summed E-state index contributed by atoms with van der Waals surface area (Å²) in [5.41, 5.74) is 5.62. The summed E-state index contributed by atoms with van der Waals surface area (Å²) in [4.78, 5) is 2.22. The Balaban J connectivity index is 2.88. The molecule has 1 heterocycles. The van der Waals surface area contributed by atoms with Gasteiger partial charge in [0.25, 0.3) is 0 Å². The summed E-state index contributed by atoms with van der Waals surface area (Å²) in [6.07, 6.45) is 0. The van der Waals surface area contributed by atoms with E-state index in [-0.39, 0.29) is 12.6 Å². The first-order valence-corrected chi connectivity index (χ1v) is 4.88. The predicted molar refractivity (Wildman–Crippen MR) is 50.8 cm³/mol. The van der Waals surface area contributed by atoms with Crippen molar-refractivity contribution in [2.75, 3.05) is 6.61 Å². The van der Waals surface area contributed by atoms with Gasteiger partial charge in [-0.15, -0.1) is 11.3 Å². The van der Waals surface area contributed by atoms with Crippen molar-refractivity contribution in [1.29, 1.82) is 0 Å².